The molecule has 26 heavy (non-hydrogen) atoms. The number of hydrogen-bond acceptors (Lipinski definition) is 4. The van der Waals surface area contributed by atoms with E-state index in [1.54, 1.807) is 4.90 Å². The topological polar surface area (TPSA) is 74.7 Å². The summed E-state index contributed by atoms with van der Waals surface area (Å²) >= 11 is 6.20. The fourth-order valence-electron chi connectivity index (χ4n) is 2.95. The molecule has 0 radical (unpaired) electrons. The van der Waals surface area contributed by atoms with E-state index in [0.29, 0.717) is 23.7 Å². The van der Waals surface area contributed by atoms with Crippen molar-refractivity contribution in [3.05, 3.63) is 40.5 Å². The van der Waals surface area contributed by atoms with Crippen molar-refractivity contribution in [2.45, 2.75) is 32.6 Å². The molecule has 1 aromatic carbocycles. The highest BCUT2D eigenvalue weighted by Gasteiger charge is 2.18. The van der Waals surface area contributed by atoms with Crippen LogP contribution in [0, 0.1) is 6.92 Å². The maximum atomic E-state index is 12.0. The van der Waals surface area contributed by atoms with Gasteiger partial charge in [-0.1, -0.05) is 30.2 Å². The van der Waals surface area contributed by atoms with Gasteiger partial charge < -0.3 is 4.90 Å². The average molecular weight is 373 g/mol. The summed E-state index contributed by atoms with van der Waals surface area (Å²) in [5.41, 5.74) is 5.00. The molecule has 0 saturated carbocycles. The first-order valence-corrected chi connectivity index (χ1v) is 9.07. The lowest BCUT2D eigenvalue weighted by Crippen LogP contribution is -2.39. The van der Waals surface area contributed by atoms with Crippen molar-refractivity contribution in [3.63, 3.8) is 0 Å². The first-order valence-electron chi connectivity index (χ1n) is 8.69. The van der Waals surface area contributed by atoms with Crippen molar-refractivity contribution in [1.29, 1.82) is 0 Å². The molecule has 0 aliphatic carbocycles. The number of halogens is 1. The molecule has 136 valence electrons. The summed E-state index contributed by atoms with van der Waals surface area (Å²) in [5, 5.41) is 5.22. The normalized spacial score (nSPS) is 15.5. The zero-order chi connectivity index (χ0) is 18.5. The highest BCUT2D eigenvalue weighted by atomic mass is 35.5. The summed E-state index contributed by atoms with van der Waals surface area (Å²) in [7, 11) is 0. The highest BCUT2D eigenvalue weighted by molar-refractivity contribution is 6.32. The van der Waals surface area contributed by atoms with Gasteiger partial charge in [0.25, 0.3) is 5.91 Å². The predicted molar refractivity (Wildman–Crippen MR) is 102 cm³/mol. The predicted octanol–water partition coefficient (Wildman–Crippen LogP) is 3.05. The van der Waals surface area contributed by atoms with Gasteiger partial charge in [-0.15, -0.1) is 0 Å². The second-order valence-corrected chi connectivity index (χ2v) is 6.84. The number of benzene rings is 1. The van der Waals surface area contributed by atoms with E-state index in [9.17, 15) is 9.59 Å². The van der Waals surface area contributed by atoms with E-state index in [-0.39, 0.29) is 18.4 Å². The van der Waals surface area contributed by atoms with E-state index < -0.39 is 0 Å². The lowest BCUT2D eigenvalue weighted by Gasteiger charge is -2.18. The van der Waals surface area contributed by atoms with E-state index in [1.807, 2.05) is 31.2 Å². The zero-order valence-electron chi connectivity index (χ0n) is 14.7. The summed E-state index contributed by atoms with van der Waals surface area (Å²) in [6.07, 6.45) is 4.82. The molecule has 1 fully saturated rings. The van der Waals surface area contributed by atoms with Gasteiger partial charge in [0.15, 0.2) is 0 Å². The molecule has 2 heterocycles. The maximum Gasteiger partial charge on any atom is 0.259 e. The molecule has 7 heteroatoms. The van der Waals surface area contributed by atoms with Gasteiger partial charge >= 0.3 is 0 Å². The van der Waals surface area contributed by atoms with Crippen molar-refractivity contribution in [2.75, 3.05) is 13.1 Å². The van der Waals surface area contributed by atoms with E-state index >= 15 is 0 Å². The van der Waals surface area contributed by atoms with Crippen LogP contribution in [0.3, 0.4) is 0 Å². The second kappa shape index (κ2) is 8.27. The molecule has 2 amide bonds. The minimum absolute atomic E-state index is 0.0266. The standard InChI is InChI=1S/C19H21ClN4O2/c1-13-6-7-14-10-15(19(20)22-16(14)9-13)11-21-23-17(25)12-24-8-4-2-3-5-18(24)26/h6-7,9-11H,2-5,8,12H2,1H3,(H,23,25)/b21-11-. The minimum Gasteiger partial charge on any atom is -0.333 e. The Labute approximate surface area is 157 Å². The van der Waals surface area contributed by atoms with E-state index in [0.717, 1.165) is 35.7 Å². The first-order chi connectivity index (χ1) is 12.5. The van der Waals surface area contributed by atoms with Crippen molar-refractivity contribution < 1.29 is 9.59 Å². The molecule has 1 saturated heterocycles. The van der Waals surface area contributed by atoms with Gasteiger partial charge in [0.2, 0.25) is 5.91 Å². The van der Waals surface area contributed by atoms with Crippen molar-refractivity contribution in [2.24, 2.45) is 5.10 Å². The number of nitrogens with one attached hydrogen (secondary N) is 1. The number of fused-ring (bicyclic) bond motifs is 1. The van der Waals surface area contributed by atoms with Crippen molar-refractivity contribution >= 4 is 40.5 Å². The highest BCUT2D eigenvalue weighted by Crippen LogP contribution is 2.20. The monoisotopic (exact) mass is 372 g/mol. The average Bonchev–Trinajstić information content (AvgIpc) is 2.80. The fraction of sp³-hybridized carbons (Fsp3) is 0.368. The molecule has 0 unspecified atom stereocenters. The molecule has 1 aliphatic heterocycles. The number of hydrazone groups is 1. The number of aryl methyl sites for hydroxylation is 1. The minimum atomic E-state index is -0.322. The van der Waals surface area contributed by atoms with Crippen LogP contribution in [-0.4, -0.2) is 41.0 Å². The van der Waals surface area contributed by atoms with E-state index in [2.05, 4.69) is 15.5 Å². The van der Waals surface area contributed by atoms with Gasteiger partial charge in [-0.3, -0.25) is 9.59 Å². The second-order valence-electron chi connectivity index (χ2n) is 6.48. The number of pyridine rings is 1. The molecule has 0 bridgehead atoms. The molecule has 0 atom stereocenters. The molecule has 1 aliphatic rings. The van der Waals surface area contributed by atoms with Gasteiger partial charge in [-0.2, -0.15) is 5.10 Å². The number of aromatic nitrogens is 1. The van der Waals surface area contributed by atoms with Gasteiger partial charge in [-0.25, -0.2) is 10.4 Å². The Morgan fingerprint density at radius 1 is 1.35 bits per heavy atom. The van der Waals surface area contributed by atoms with Crippen LogP contribution in [-0.2, 0) is 9.59 Å². The number of rotatable bonds is 4. The number of carbonyl (C=O) groups excluding carboxylic acids is 2. The summed E-state index contributed by atoms with van der Waals surface area (Å²) < 4.78 is 0. The molecular weight excluding hydrogens is 352 g/mol. The van der Waals surface area contributed by atoms with Crippen LogP contribution in [0.5, 0.6) is 0 Å². The summed E-state index contributed by atoms with van der Waals surface area (Å²) in [6, 6.07) is 7.80. The van der Waals surface area contributed by atoms with E-state index in [4.69, 9.17) is 11.6 Å². The zero-order valence-corrected chi connectivity index (χ0v) is 15.4. The first kappa shape index (κ1) is 18.3. The molecule has 0 spiro atoms. The molecule has 1 N–H and O–H groups in total. The van der Waals surface area contributed by atoms with Crippen LogP contribution in [0.1, 0.15) is 36.8 Å². The van der Waals surface area contributed by atoms with Crippen LogP contribution in [0.2, 0.25) is 5.15 Å². The van der Waals surface area contributed by atoms with Gasteiger partial charge in [0, 0.05) is 23.9 Å². The van der Waals surface area contributed by atoms with Gasteiger partial charge in [-0.05, 0) is 37.5 Å². The maximum absolute atomic E-state index is 12.0. The number of carbonyl (C=O) groups is 2. The molecule has 2 aromatic rings. The third-order valence-corrected chi connectivity index (χ3v) is 4.66. The third-order valence-electron chi connectivity index (χ3n) is 4.35. The fourth-order valence-corrected chi connectivity index (χ4v) is 3.14. The number of amides is 2. The Morgan fingerprint density at radius 2 is 2.19 bits per heavy atom. The number of nitrogens with zero attached hydrogens (tertiary/aromatic N) is 3. The van der Waals surface area contributed by atoms with E-state index in [1.165, 1.54) is 6.21 Å². The molecular formula is C19H21ClN4O2. The Kier molecular flexibility index (Phi) is 5.83. The molecule has 6 nitrogen and oxygen atoms in total. The largest absolute Gasteiger partial charge is 0.333 e. The molecule has 1 aromatic heterocycles. The van der Waals surface area contributed by atoms with Crippen molar-refractivity contribution in [1.82, 2.24) is 15.3 Å². The Bertz CT molecular complexity index is 866. The van der Waals surface area contributed by atoms with Crippen molar-refractivity contribution in [3.8, 4) is 0 Å². The SMILES string of the molecule is Cc1ccc2cc(/C=N\NC(=O)CN3CCCCCC3=O)c(Cl)nc2c1. The Morgan fingerprint density at radius 3 is 3.04 bits per heavy atom. The Balaban J connectivity index is 1.63. The lowest BCUT2D eigenvalue weighted by atomic mass is 10.1. The summed E-state index contributed by atoms with van der Waals surface area (Å²) in [4.78, 5) is 29.9. The summed E-state index contributed by atoms with van der Waals surface area (Å²) in [5.74, 6) is -0.296. The van der Waals surface area contributed by atoms with Gasteiger partial charge in [0.1, 0.15) is 11.7 Å². The lowest BCUT2D eigenvalue weighted by molar-refractivity contribution is -0.135. The summed E-state index contributed by atoms with van der Waals surface area (Å²) in [6.45, 7) is 2.64. The van der Waals surface area contributed by atoms with Crippen LogP contribution >= 0.6 is 11.6 Å². The smallest absolute Gasteiger partial charge is 0.259 e. The van der Waals surface area contributed by atoms with Crippen LogP contribution in [0.15, 0.2) is 29.4 Å². The number of hydrogen-bond donors (Lipinski definition) is 1. The van der Waals surface area contributed by atoms with Crippen LogP contribution in [0.25, 0.3) is 10.9 Å². The number of likely N-dealkylation sites (tertiary alicyclic amines) is 1. The third kappa shape index (κ3) is 4.58. The quantitative estimate of drug-likeness (QED) is 0.509. The van der Waals surface area contributed by atoms with Crippen LogP contribution < -0.4 is 5.43 Å². The van der Waals surface area contributed by atoms with Gasteiger partial charge in [0.05, 0.1) is 11.7 Å². The van der Waals surface area contributed by atoms with Crippen LogP contribution in [0.4, 0.5) is 0 Å². The molecule has 3 rings (SSSR count). The Hall–Kier alpha value is -2.47.